The van der Waals surface area contributed by atoms with Gasteiger partial charge in [-0.15, -0.1) is 0 Å². The highest BCUT2D eigenvalue weighted by atomic mass is 35.5. The Labute approximate surface area is 122 Å². The Morgan fingerprint density at radius 3 is 2.55 bits per heavy atom. The molecule has 1 heterocycles. The number of halogens is 2. The summed E-state index contributed by atoms with van der Waals surface area (Å²) in [4.78, 5) is 11.2. The predicted molar refractivity (Wildman–Crippen MR) is 76.7 cm³/mol. The molecule has 0 bridgehead atoms. The average molecular weight is 295 g/mol. The molecule has 0 N–H and O–H groups in total. The normalized spacial score (nSPS) is 11.1. The van der Waals surface area contributed by atoms with E-state index in [1.807, 2.05) is 0 Å². The lowest BCUT2D eigenvalue weighted by atomic mass is 10.1. The second kappa shape index (κ2) is 6.18. The van der Waals surface area contributed by atoms with Crippen molar-refractivity contribution in [3.05, 3.63) is 52.1 Å². The highest BCUT2D eigenvalue weighted by molar-refractivity contribution is 6.32. The minimum absolute atomic E-state index is 0.283. The van der Waals surface area contributed by atoms with E-state index in [1.165, 1.54) is 12.1 Å². The summed E-state index contributed by atoms with van der Waals surface area (Å²) in [6, 6.07) is 6.14. The molecular formula is C15H16ClFN2O. The molecule has 20 heavy (non-hydrogen) atoms. The molecule has 5 heteroatoms. The Morgan fingerprint density at radius 1 is 1.35 bits per heavy atom. The Morgan fingerprint density at radius 2 is 2.00 bits per heavy atom. The van der Waals surface area contributed by atoms with E-state index in [9.17, 15) is 9.18 Å². The van der Waals surface area contributed by atoms with Crippen LogP contribution in [-0.4, -0.2) is 16.1 Å². The maximum absolute atomic E-state index is 12.9. The first-order valence-corrected chi connectivity index (χ1v) is 6.84. The third kappa shape index (κ3) is 3.25. The highest BCUT2D eigenvalue weighted by Gasteiger charge is 2.16. The lowest BCUT2D eigenvalue weighted by Crippen LogP contribution is -2.03. The van der Waals surface area contributed by atoms with Crippen molar-refractivity contribution in [2.45, 2.75) is 26.8 Å². The fraction of sp³-hybridized carbons (Fsp3) is 0.333. The Balaban J connectivity index is 2.30. The average Bonchev–Trinajstić information content (AvgIpc) is 2.67. The van der Waals surface area contributed by atoms with E-state index in [0.717, 1.165) is 11.8 Å². The number of nitrogens with zero attached hydrogens (tertiary/aromatic N) is 2. The number of carbonyl (C=O) groups excluding carboxylic acids is 1. The topological polar surface area (TPSA) is 34.9 Å². The van der Waals surface area contributed by atoms with Gasteiger partial charge in [-0.25, -0.2) is 9.07 Å². The molecule has 0 aliphatic rings. The quantitative estimate of drug-likeness (QED) is 0.788. The zero-order valence-electron chi connectivity index (χ0n) is 11.4. The standard InChI is InChI=1S/C15H16ClFN2O/c1-10(2)7-14-13(9-20)15(16)19(18-14)8-11-3-5-12(17)6-4-11/h3-6,9-10H,7-8H2,1-2H3. The second-order valence-electron chi connectivity index (χ2n) is 5.15. The summed E-state index contributed by atoms with van der Waals surface area (Å²) in [5.74, 6) is 0.105. The van der Waals surface area contributed by atoms with Gasteiger partial charge in [0, 0.05) is 0 Å². The minimum Gasteiger partial charge on any atom is -0.298 e. The summed E-state index contributed by atoms with van der Waals surface area (Å²) in [5, 5.41) is 4.73. The lowest BCUT2D eigenvalue weighted by Gasteiger charge is -2.03. The number of hydrogen-bond donors (Lipinski definition) is 0. The monoisotopic (exact) mass is 294 g/mol. The van der Waals surface area contributed by atoms with Crippen molar-refractivity contribution in [3.63, 3.8) is 0 Å². The molecule has 0 saturated carbocycles. The minimum atomic E-state index is -0.283. The van der Waals surface area contributed by atoms with Gasteiger partial charge in [-0.05, 0) is 30.0 Å². The predicted octanol–water partition coefficient (Wildman–Crippen LogP) is 3.73. The summed E-state index contributed by atoms with van der Waals surface area (Å²) >= 11 is 6.19. The largest absolute Gasteiger partial charge is 0.298 e. The van der Waals surface area contributed by atoms with Crippen molar-refractivity contribution in [1.82, 2.24) is 9.78 Å². The van der Waals surface area contributed by atoms with Gasteiger partial charge in [0.25, 0.3) is 0 Å². The first kappa shape index (κ1) is 14.7. The van der Waals surface area contributed by atoms with Crippen LogP contribution >= 0.6 is 11.6 Å². The molecule has 0 saturated heterocycles. The van der Waals surface area contributed by atoms with E-state index in [1.54, 1.807) is 16.8 Å². The molecule has 1 aromatic heterocycles. The van der Waals surface area contributed by atoms with Gasteiger partial charge in [0.2, 0.25) is 0 Å². The van der Waals surface area contributed by atoms with E-state index >= 15 is 0 Å². The van der Waals surface area contributed by atoms with Crippen LogP contribution in [0, 0.1) is 11.7 Å². The molecule has 0 radical (unpaired) electrons. The van der Waals surface area contributed by atoms with Crippen molar-refractivity contribution < 1.29 is 9.18 Å². The van der Waals surface area contributed by atoms with Gasteiger partial charge in [-0.2, -0.15) is 5.10 Å². The molecule has 3 nitrogen and oxygen atoms in total. The van der Waals surface area contributed by atoms with Gasteiger partial charge in [0.15, 0.2) is 6.29 Å². The molecule has 0 unspecified atom stereocenters. The third-order valence-electron chi connectivity index (χ3n) is 2.97. The molecule has 0 spiro atoms. The number of carbonyl (C=O) groups is 1. The van der Waals surface area contributed by atoms with E-state index in [-0.39, 0.29) is 5.82 Å². The van der Waals surface area contributed by atoms with Crippen LogP contribution in [0.1, 0.15) is 35.5 Å². The van der Waals surface area contributed by atoms with Crippen LogP contribution in [0.3, 0.4) is 0 Å². The van der Waals surface area contributed by atoms with E-state index in [4.69, 9.17) is 11.6 Å². The molecule has 0 aliphatic carbocycles. The number of benzene rings is 1. The zero-order chi connectivity index (χ0) is 14.7. The first-order chi connectivity index (χ1) is 9.51. The van der Waals surface area contributed by atoms with Crippen molar-refractivity contribution in [2.75, 3.05) is 0 Å². The Kier molecular flexibility index (Phi) is 4.55. The molecular weight excluding hydrogens is 279 g/mol. The van der Waals surface area contributed by atoms with Crippen molar-refractivity contribution in [2.24, 2.45) is 5.92 Å². The molecule has 0 fully saturated rings. The molecule has 1 aromatic carbocycles. The fourth-order valence-electron chi connectivity index (χ4n) is 2.02. The van der Waals surface area contributed by atoms with Crippen LogP contribution in [0.5, 0.6) is 0 Å². The van der Waals surface area contributed by atoms with Crippen LogP contribution in [0.4, 0.5) is 4.39 Å². The summed E-state index contributed by atoms with van der Waals surface area (Å²) in [5.41, 5.74) is 2.04. The maximum atomic E-state index is 12.9. The Hall–Kier alpha value is -1.68. The van der Waals surface area contributed by atoms with E-state index < -0.39 is 0 Å². The number of rotatable bonds is 5. The maximum Gasteiger partial charge on any atom is 0.155 e. The van der Waals surface area contributed by atoms with E-state index in [2.05, 4.69) is 18.9 Å². The number of aromatic nitrogens is 2. The zero-order valence-corrected chi connectivity index (χ0v) is 12.2. The van der Waals surface area contributed by atoms with Crippen LogP contribution in [0.15, 0.2) is 24.3 Å². The van der Waals surface area contributed by atoms with Crippen LogP contribution in [0.25, 0.3) is 0 Å². The second-order valence-corrected chi connectivity index (χ2v) is 5.51. The highest BCUT2D eigenvalue weighted by Crippen LogP contribution is 2.22. The molecule has 0 aliphatic heterocycles. The van der Waals surface area contributed by atoms with E-state index in [0.29, 0.717) is 35.3 Å². The van der Waals surface area contributed by atoms with Gasteiger partial charge < -0.3 is 0 Å². The fourth-order valence-corrected chi connectivity index (χ4v) is 2.27. The molecule has 0 atom stereocenters. The molecule has 106 valence electrons. The van der Waals surface area contributed by atoms with Crippen LogP contribution in [-0.2, 0) is 13.0 Å². The Bertz CT molecular complexity index is 605. The SMILES string of the molecule is CC(C)Cc1nn(Cc2ccc(F)cc2)c(Cl)c1C=O. The summed E-state index contributed by atoms with van der Waals surface area (Å²) in [6.45, 7) is 4.53. The molecule has 0 amide bonds. The number of aldehydes is 1. The van der Waals surface area contributed by atoms with Crippen LogP contribution in [0.2, 0.25) is 5.15 Å². The lowest BCUT2D eigenvalue weighted by molar-refractivity contribution is 0.112. The van der Waals surface area contributed by atoms with Gasteiger partial charge in [0.1, 0.15) is 11.0 Å². The third-order valence-corrected chi connectivity index (χ3v) is 3.36. The van der Waals surface area contributed by atoms with Crippen molar-refractivity contribution in [1.29, 1.82) is 0 Å². The van der Waals surface area contributed by atoms with Crippen molar-refractivity contribution in [3.8, 4) is 0 Å². The smallest absolute Gasteiger partial charge is 0.155 e. The molecule has 2 rings (SSSR count). The van der Waals surface area contributed by atoms with Crippen molar-refractivity contribution >= 4 is 17.9 Å². The van der Waals surface area contributed by atoms with Gasteiger partial charge in [-0.3, -0.25) is 4.79 Å². The van der Waals surface area contributed by atoms with Gasteiger partial charge in [-0.1, -0.05) is 37.6 Å². The summed E-state index contributed by atoms with van der Waals surface area (Å²) in [6.07, 6.45) is 1.44. The van der Waals surface area contributed by atoms with Gasteiger partial charge >= 0.3 is 0 Å². The van der Waals surface area contributed by atoms with Crippen LogP contribution < -0.4 is 0 Å². The summed E-state index contributed by atoms with van der Waals surface area (Å²) < 4.78 is 14.5. The first-order valence-electron chi connectivity index (χ1n) is 6.46. The van der Waals surface area contributed by atoms with Gasteiger partial charge in [0.05, 0.1) is 17.8 Å². The summed E-state index contributed by atoms with van der Waals surface area (Å²) in [7, 11) is 0. The number of hydrogen-bond acceptors (Lipinski definition) is 2. The molecule has 2 aromatic rings.